The van der Waals surface area contributed by atoms with Crippen LogP contribution in [0.1, 0.15) is 11.1 Å². The van der Waals surface area contributed by atoms with Gasteiger partial charge in [-0.3, -0.25) is 14.4 Å². The number of hydrogen-bond acceptors (Lipinski definition) is 5. The van der Waals surface area contributed by atoms with Gasteiger partial charge in [-0.05, 0) is 43.2 Å². The molecule has 0 heterocycles. The third kappa shape index (κ3) is 6.92. The van der Waals surface area contributed by atoms with E-state index in [2.05, 4.69) is 10.6 Å². The zero-order valence-corrected chi connectivity index (χ0v) is 16.3. The van der Waals surface area contributed by atoms with E-state index in [1.165, 1.54) is 0 Å². The molecule has 0 fully saturated rings. The summed E-state index contributed by atoms with van der Waals surface area (Å²) in [6.07, 6.45) is 0. The van der Waals surface area contributed by atoms with Crippen LogP contribution >= 0.6 is 11.6 Å². The molecule has 0 unspecified atom stereocenters. The predicted molar refractivity (Wildman–Crippen MR) is 105 cm³/mol. The summed E-state index contributed by atoms with van der Waals surface area (Å²) in [5.41, 5.74) is 2.24. The average molecular weight is 405 g/mol. The fraction of sp³-hybridized carbons (Fsp3) is 0.250. The number of carbonyl (C=O) groups is 3. The maximum absolute atomic E-state index is 11.9. The minimum atomic E-state index is -0.741. The van der Waals surface area contributed by atoms with Gasteiger partial charge in [-0.2, -0.15) is 0 Å². The van der Waals surface area contributed by atoms with Gasteiger partial charge < -0.3 is 20.1 Å². The second kappa shape index (κ2) is 10.3. The molecule has 0 bridgehead atoms. The number of benzene rings is 2. The monoisotopic (exact) mass is 404 g/mol. The summed E-state index contributed by atoms with van der Waals surface area (Å²) >= 11 is 6.12. The molecule has 2 amide bonds. The van der Waals surface area contributed by atoms with Crippen LogP contribution < -0.4 is 15.4 Å². The summed E-state index contributed by atoms with van der Waals surface area (Å²) in [6.45, 7) is 2.62. The minimum absolute atomic E-state index is 0.233. The summed E-state index contributed by atoms with van der Waals surface area (Å²) in [5, 5.41) is 5.37. The zero-order chi connectivity index (χ0) is 20.5. The Morgan fingerprint density at radius 3 is 2.39 bits per heavy atom. The lowest BCUT2D eigenvalue weighted by atomic mass is 10.1. The summed E-state index contributed by atoms with van der Waals surface area (Å²) in [5.74, 6) is -1.20. The predicted octanol–water partition coefficient (Wildman–Crippen LogP) is 2.63. The SMILES string of the molecule is Cc1cc(C)c(NC(=O)COC(=O)CNC(=O)COc2ccccc2)c(Cl)c1. The largest absolute Gasteiger partial charge is 0.484 e. The van der Waals surface area contributed by atoms with Crippen molar-refractivity contribution in [3.05, 3.63) is 58.6 Å². The Bertz CT molecular complexity index is 832. The molecule has 0 spiro atoms. The molecule has 8 heteroatoms. The van der Waals surface area contributed by atoms with Gasteiger partial charge in [0.15, 0.2) is 13.2 Å². The summed E-state index contributed by atoms with van der Waals surface area (Å²) in [4.78, 5) is 35.3. The van der Waals surface area contributed by atoms with Crippen LogP contribution in [0, 0.1) is 13.8 Å². The first kappa shape index (κ1) is 21.2. The molecule has 0 atom stereocenters. The Hall–Kier alpha value is -3.06. The highest BCUT2D eigenvalue weighted by Crippen LogP contribution is 2.27. The number of halogens is 1. The molecule has 0 aliphatic carbocycles. The van der Waals surface area contributed by atoms with Crippen molar-refractivity contribution < 1.29 is 23.9 Å². The Balaban J connectivity index is 1.69. The quantitative estimate of drug-likeness (QED) is 0.660. The summed E-state index contributed by atoms with van der Waals surface area (Å²) in [7, 11) is 0. The van der Waals surface area contributed by atoms with Gasteiger partial charge in [0.05, 0.1) is 10.7 Å². The van der Waals surface area contributed by atoms with Crippen molar-refractivity contribution in [2.24, 2.45) is 0 Å². The normalized spacial score (nSPS) is 10.1. The first-order chi connectivity index (χ1) is 13.3. The van der Waals surface area contributed by atoms with Gasteiger partial charge in [-0.25, -0.2) is 0 Å². The van der Waals surface area contributed by atoms with Crippen molar-refractivity contribution in [1.29, 1.82) is 0 Å². The fourth-order valence-corrected chi connectivity index (χ4v) is 2.70. The van der Waals surface area contributed by atoms with E-state index in [-0.39, 0.29) is 13.2 Å². The van der Waals surface area contributed by atoms with E-state index < -0.39 is 24.4 Å². The van der Waals surface area contributed by atoms with Gasteiger partial charge >= 0.3 is 5.97 Å². The maximum Gasteiger partial charge on any atom is 0.325 e. The molecule has 148 valence electrons. The lowest BCUT2D eigenvalue weighted by molar-refractivity contribution is -0.147. The van der Waals surface area contributed by atoms with Gasteiger partial charge in [-0.1, -0.05) is 35.9 Å². The molecular weight excluding hydrogens is 384 g/mol. The van der Waals surface area contributed by atoms with Gasteiger partial charge in [-0.15, -0.1) is 0 Å². The highest BCUT2D eigenvalue weighted by molar-refractivity contribution is 6.34. The Labute approximate surface area is 168 Å². The number of nitrogens with one attached hydrogen (secondary N) is 2. The Morgan fingerprint density at radius 2 is 1.71 bits per heavy atom. The molecule has 0 saturated carbocycles. The van der Waals surface area contributed by atoms with Crippen molar-refractivity contribution in [2.75, 3.05) is 25.1 Å². The second-order valence-electron chi connectivity index (χ2n) is 6.03. The molecule has 2 N–H and O–H groups in total. The van der Waals surface area contributed by atoms with Crippen molar-refractivity contribution in [2.45, 2.75) is 13.8 Å². The lowest BCUT2D eigenvalue weighted by Crippen LogP contribution is -2.35. The average Bonchev–Trinajstić information content (AvgIpc) is 2.66. The molecule has 28 heavy (non-hydrogen) atoms. The summed E-state index contributed by atoms with van der Waals surface area (Å²) < 4.78 is 10.1. The molecule has 2 aromatic rings. The molecule has 2 rings (SSSR count). The van der Waals surface area contributed by atoms with Crippen LogP contribution in [0.3, 0.4) is 0 Å². The van der Waals surface area contributed by atoms with Crippen LogP contribution in [0.4, 0.5) is 5.69 Å². The number of aryl methyl sites for hydroxylation is 2. The van der Waals surface area contributed by atoms with Gasteiger partial charge in [0.25, 0.3) is 11.8 Å². The number of amides is 2. The van der Waals surface area contributed by atoms with Gasteiger partial charge in [0.1, 0.15) is 12.3 Å². The van der Waals surface area contributed by atoms with Crippen LogP contribution in [0.2, 0.25) is 5.02 Å². The van der Waals surface area contributed by atoms with E-state index in [1.807, 2.05) is 26.0 Å². The molecule has 0 aromatic heterocycles. The molecule has 0 saturated heterocycles. The van der Waals surface area contributed by atoms with Crippen LogP contribution in [-0.4, -0.2) is 37.5 Å². The number of rotatable bonds is 8. The highest BCUT2D eigenvalue weighted by atomic mass is 35.5. The molecular formula is C20H21ClN2O5. The molecule has 2 aromatic carbocycles. The van der Waals surface area contributed by atoms with E-state index in [0.717, 1.165) is 11.1 Å². The minimum Gasteiger partial charge on any atom is -0.484 e. The summed E-state index contributed by atoms with van der Waals surface area (Å²) in [6, 6.07) is 12.4. The standard InChI is InChI=1S/C20H21ClN2O5/c1-13-8-14(2)20(16(21)9-13)23-18(25)12-28-19(26)10-22-17(24)11-27-15-6-4-3-5-7-15/h3-9H,10-12H2,1-2H3,(H,22,24)(H,23,25). The lowest BCUT2D eigenvalue weighted by Gasteiger charge is -2.12. The number of esters is 1. The number of ether oxygens (including phenoxy) is 2. The molecule has 0 aliphatic heterocycles. The smallest absolute Gasteiger partial charge is 0.325 e. The van der Waals surface area contributed by atoms with Crippen molar-refractivity contribution in [1.82, 2.24) is 5.32 Å². The first-order valence-corrected chi connectivity index (χ1v) is 8.89. The van der Waals surface area contributed by atoms with E-state index in [4.69, 9.17) is 21.1 Å². The number of carbonyl (C=O) groups excluding carboxylic acids is 3. The van der Waals surface area contributed by atoms with E-state index in [9.17, 15) is 14.4 Å². The van der Waals surface area contributed by atoms with Crippen LogP contribution in [0.5, 0.6) is 5.75 Å². The van der Waals surface area contributed by atoms with Crippen molar-refractivity contribution in [3.63, 3.8) is 0 Å². The Morgan fingerprint density at radius 1 is 1.00 bits per heavy atom. The fourth-order valence-electron chi connectivity index (χ4n) is 2.33. The third-order valence-electron chi connectivity index (χ3n) is 3.60. The first-order valence-electron chi connectivity index (χ1n) is 8.52. The number of para-hydroxylation sites is 1. The second-order valence-corrected chi connectivity index (χ2v) is 6.43. The molecule has 7 nitrogen and oxygen atoms in total. The van der Waals surface area contributed by atoms with Crippen LogP contribution in [0.25, 0.3) is 0 Å². The van der Waals surface area contributed by atoms with Gasteiger partial charge in [0.2, 0.25) is 0 Å². The van der Waals surface area contributed by atoms with Crippen LogP contribution in [-0.2, 0) is 19.1 Å². The highest BCUT2D eigenvalue weighted by Gasteiger charge is 2.13. The van der Waals surface area contributed by atoms with E-state index in [0.29, 0.717) is 16.5 Å². The molecule has 0 radical (unpaired) electrons. The van der Waals surface area contributed by atoms with Crippen LogP contribution in [0.15, 0.2) is 42.5 Å². The van der Waals surface area contributed by atoms with Crippen molar-refractivity contribution >= 4 is 35.1 Å². The zero-order valence-electron chi connectivity index (χ0n) is 15.6. The molecule has 0 aliphatic rings. The van der Waals surface area contributed by atoms with E-state index >= 15 is 0 Å². The Kier molecular flexibility index (Phi) is 7.83. The third-order valence-corrected chi connectivity index (χ3v) is 3.90. The van der Waals surface area contributed by atoms with Gasteiger partial charge in [0, 0.05) is 0 Å². The number of anilines is 1. The van der Waals surface area contributed by atoms with E-state index in [1.54, 1.807) is 30.3 Å². The topological polar surface area (TPSA) is 93.7 Å². The van der Waals surface area contributed by atoms with Crippen molar-refractivity contribution in [3.8, 4) is 5.75 Å². The number of hydrogen-bond donors (Lipinski definition) is 2. The maximum atomic E-state index is 11.9.